The van der Waals surface area contributed by atoms with Crippen molar-refractivity contribution in [2.75, 3.05) is 19.3 Å². The number of rotatable bonds is 5. The molecule has 0 saturated carbocycles. The Bertz CT molecular complexity index is 619. The van der Waals surface area contributed by atoms with Crippen molar-refractivity contribution >= 4 is 15.9 Å². The SMILES string of the molecule is Cc1noc(C)c1CC(=O)N1CCCC[C@H]1CNS(C)(=O)=O. The van der Waals surface area contributed by atoms with Crippen LogP contribution in [0.25, 0.3) is 0 Å². The van der Waals surface area contributed by atoms with Crippen LogP contribution in [0.4, 0.5) is 0 Å². The van der Waals surface area contributed by atoms with E-state index in [0.29, 0.717) is 12.3 Å². The molecule has 1 fully saturated rings. The molecular weight excluding hydrogens is 306 g/mol. The highest BCUT2D eigenvalue weighted by atomic mass is 32.2. The molecule has 7 nitrogen and oxygen atoms in total. The van der Waals surface area contributed by atoms with Gasteiger partial charge in [-0.15, -0.1) is 0 Å². The van der Waals surface area contributed by atoms with E-state index in [0.717, 1.165) is 36.8 Å². The molecule has 2 rings (SSSR count). The summed E-state index contributed by atoms with van der Waals surface area (Å²) in [6.45, 7) is 4.55. The average molecular weight is 329 g/mol. The van der Waals surface area contributed by atoms with Gasteiger partial charge in [0.05, 0.1) is 18.4 Å². The Hall–Kier alpha value is -1.41. The van der Waals surface area contributed by atoms with Gasteiger partial charge in [0, 0.05) is 24.7 Å². The van der Waals surface area contributed by atoms with Gasteiger partial charge in [-0.1, -0.05) is 5.16 Å². The third-order valence-electron chi connectivity index (χ3n) is 4.04. The number of carbonyl (C=O) groups excluding carboxylic acids is 1. The van der Waals surface area contributed by atoms with E-state index in [-0.39, 0.29) is 24.9 Å². The van der Waals surface area contributed by atoms with Crippen molar-refractivity contribution in [2.45, 2.75) is 45.6 Å². The van der Waals surface area contributed by atoms with Crippen LogP contribution in [-0.2, 0) is 21.2 Å². The summed E-state index contributed by atoms with van der Waals surface area (Å²) in [5, 5.41) is 3.86. The van der Waals surface area contributed by atoms with Gasteiger partial charge in [-0.05, 0) is 33.1 Å². The minimum Gasteiger partial charge on any atom is -0.361 e. The van der Waals surface area contributed by atoms with E-state index in [1.807, 2.05) is 6.92 Å². The Kier molecular flexibility index (Phi) is 5.23. The number of likely N-dealkylation sites (tertiary alicyclic amines) is 1. The lowest BCUT2D eigenvalue weighted by Gasteiger charge is -2.36. The van der Waals surface area contributed by atoms with E-state index in [9.17, 15) is 13.2 Å². The highest BCUT2D eigenvalue weighted by molar-refractivity contribution is 7.88. The zero-order chi connectivity index (χ0) is 16.3. The van der Waals surface area contributed by atoms with Gasteiger partial charge in [0.15, 0.2) is 0 Å². The summed E-state index contributed by atoms with van der Waals surface area (Å²) in [4.78, 5) is 14.4. The number of nitrogens with zero attached hydrogens (tertiary/aromatic N) is 2. The van der Waals surface area contributed by atoms with E-state index < -0.39 is 10.0 Å². The van der Waals surface area contributed by atoms with Crippen LogP contribution < -0.4 is 4.72 Å². The first-order valence-corrected chi connectivity index (χ1v) is 9.33. The summed E-state index contributed by atoms with van der Waals surface area (Å²) in [7, 11) is -3.25. The molecule has 0 bridgehead atoms. The molecule has 1 atom stereocenters. The second kappa shape index (κ2) is 6.78. The maximum Gasteiger partial charge on any atom is 0.227 e. The number of piperidine rings is 1. The fraction of sp³-hybridized carbons (Fsp3) is 0.714. The molecule has 1 aromatic heterocycles. The van der Waals surface area contributed by atoms with Crippen molar-refractivity contribution in [3.63, 3.8) is 0 Å². The molecule has 1 amide bonds. The van der Waals surface area contributed by atoms with Crippen LogP contribution in [0.3, 0.4) is 0 Å². The summed E-state index contributed by atoms with van der Waals surface area (Å²) in [5.74, 6) is 0.656. The first-order chi connectivity index (χ1) is 10.3. The molecule has 0 aliphatic carbocycles. The molecule has 1 aliphatic rings. The van der Waals surface area contributed by atoms with Gasteiger partial charge in [0.1, 0.15) is 5.76 Å². The Morgan fingerprint density at radius 3 is 2.73 bits per heavy atom. The molecule has 8 heteroatoms. The minimum absolute atomic E-state index is 0.00518. The van der Waals surface area contributed by atoms with E-state index in [4.69, 9.17) is 4.52 Å². The number of hydrogen-bond acceptors (Lipinski definition) is 5. The predicted octanol–water partition coefficient (Wildman–Crippen LogP) is 0.764. The standard InChI is InChI=1S/C14H23N3O4S/c1-10-13(11(2)21-16-10)8-14(18)17-7-5-4-6-12(17)9-15-22(3,19)20/h12,15H,4-9H2,1-3H3/t12-/m0/s1. The van der Waals surface area contributed by atoms with Crippen LogP contribution in [-0.4, -0.2) is 49.8 Å². The van der Waals surface area contributed by atoms with Crippen LogP contribution in [0.2, 0.25) is 0 Å². The van der Waals surface area contributed by atoms with Crippen LogP contribution in [0, 0.1) is 13.8 Å². The number of aryl methyl sites for hydroxylation is 2. The van der Waals surface area contributed by atoms with Gasteiger partial charge < -0.3 is 9.42 Å². The summed E-state index contributed by atoms with van der Waals surface area (Å²) in [6, 6.07) is -0.0866. The van der Waals surface area contributed by atoms with E-state index >= 15 is 0 Å². The van der Waals surface area contributed by atoms with Gasteiger partial charge in [0.25, 0.3) is 0 Å². The van der Waals surface area contributed by atoms with Gasteiger partial charge in [-0.25, -0.2) is 13.1 Å². The van der Waals surface area contributed by atoms with Crippen LogP contribution in [0.5, 0.6) is 0 Å². The Balaban J connectivity index is 2.05. The zero-order valence-electron chi connectivity index (χ0n) is 13.3. The third-order valence-corrected chi connectivity index (χ3v) is 4.73. The van der Waals surface area contributed by atoms with Gasteiger partial charge in [-0.3, -0.25) is 4.79 Å². The van der Waals surface area contributed by atoms with Crippen LogP contribution >= 0.6 is 0 Å². The summed E-state index contributed by atoms with van der Waals surface area (Å²) < 4.78 is 30.1. The monoisotopic (exact) mass is 329 g/mol. The number of carbonyl (C=O) groups is 1. The molecule has 1 saturated heterocycles. The number of amides is 1. The smallest absolute Gasteiger partial charge is 0.227 e. The molecule has 1 aliphatic heterocycles. The number of sulfonamides is 1. The second-order valence-electron chi connectivity index (χ2n) is 5.84. The molecule has 0 aromatic carbocycles. The lowest BCUT2D eigenvalue weighted by molar-refractivity contribution is -0.134. The fourth-order valence-electron chi connectivity index (χ4n) is 2.80. The van der Waals surface area contributed by atoms with Crippen molar-refractivity contribution in [3.05, 3.63) is 17.0 Å². The summed E-state index contributed by atoms with van der Waals surface area (Å²) in [6.07, 6.45) is 4.15. The summed E-state index contributed by atoms with van der Waals surface area (Å²) >= 11 is 0. The number of nitrogens with one attached hydrogen (secondary N) is 1. The highest BCUT2D eigenvalue weighted by Gasteiger charge is 2.28. The molecule has 1 N–H and O–H groups in total. The Morgan fingerprint density at radius 1 is 1.41 bits per heavy atom. The zero-order valence-corrected chi connectivity index (χ0v) is 14.1. The molecular formula is C14H23N3O4S. The van der Waals surface area contributed by atoms with Crippen LogP contribution in [0.15, 0.2) is 4.52 Å². The predicted molar refractivity (Wildman–Crippen MR) is 81.9 cm³/mol. The van der Waals surface area contributed by atoms with E-state index in [1.54, 1.807) is 11.8 Å². The highest BCUT2D eigenvalue weighted by Crippen LogP contribution is 2.20. The van der Waals surface area contributed by atoms with Gasteiger partial charge in [0.2, 0.25) is 15.9 Å². The third kappa shape index (κ3) is 4.30. The normalized spacial score (nSPS) is 19.4. The van der Waals surface area contributed by atoms with Crippen molar-refractivity contribution in [2.24, 2.45) is 0 Å². The van der Waals surface area contributed by atoms with Crippen molar-refractivity contribution < 1.29 is 17.7 Å². The van der Waals surface area contributed by atoms with Gasteiger partial charge in [-0.2, -0.15) is 0 Å². The van der Waals surface area contributed by atoms with Crippen LogP contribution in [0.1, 0.15) is 36.3 Å². The summed E-state index contributed by atoms with van der Waals surface area (Å²) in [5.41, 5.74) is 1.55. The molecule has 124 valence electrons. The van der Waals surface area contributed by atoms with Crippen molar-refractivity contribution in [3.8, 4) is 0 Å². The Morgan fingerprint density at radius 2 is 2.14 bits per heavy atom. The van der Waals surface area contributed by atoms with E-state index in [2.05, 4.69) is 9.88 Å². The molecule has 1 aromatic rings. The molecule has 2 heterocycles. The van der Waals surface area contributed by atoms with E-state index in [1.165, 1.54) is 0 Å². The van der Waals surface area contributed by atoms with Crippen molar-refractivity contribution in [1.82, 2.24) is 14.8 Å². The van der Waals surface area contributed by atoms with Gasteiger partial charge >= 0.3 is 0 Å². The van der Waals surface area contributed by atoms with Crippen molar-refractivity contribution in [1.29, 1.82) is 0 Å². The first-order valence-electron chi connectivity index (χ1n) is 7.44. The maximum atomic E-state index is 12.6. The fourth-order valence-corrected chi connectivity index (χ4v) is 3.29. The number of hydrogen-bond donors (Lipinski definition) is 1. The first kappa shape index (κ1) is 17.0. The second-order valence-corrected chi connectivity index (χ2v) is 7.67. The minimum atomic E-state index is -3.25. The molecule has 0 unspecified atom stereocenters. The Labute approximate surface area is 131 Å². The lowest BCUT2D eigenvalue weighted by Crippen LogP contribution is -2.49. The topological polar surface area (TPSA) is 92.5 Å². The largest absolute Gasteiger partial charge is 0.361 e. The maximum absolute atomic E-state index is 12.6. The lowest BCUT2D eigenvalue weighted by atomic mass is 10.0. The number of aromatic nitrogens is 1. The average Bonchev–Trinajstić information content (AvgIpc) is 2.76. The molecule has 22 heavy (non-hydrogen) atoms. The molecule has 0 radical (unpaired) electrons. The molecule has 0 spiro atoms. The quantitative estimate of drug-likeness (QED) is 0.861.